The highest BCUT2D eigenvalue weighted by Crippen LogP contribution is 2.25. The van der Waals surface area contributed by atoms with Crippen LogP contribution in [-0.4, -0.2) is 24.8 Å². The van der Waals surface area contributed by atoms with Crippen molar-refractivity contribution in [2.45, 2.75) is 26.4 Å². The third kappa shape index (κ3) is 5.84. The number of hydrogen-bond donors (Lipinski definition) is 1. The third-order valence-electron chi connectivity index (χ3n) is 2.97. The fourth-order valence-corrected chi connectivity index (χ4v) is 2.00. The number of anilines is 1. The molecule has 0 aliphatic carbocycles. The van der Waals surface area contributed by atoms with Crippen molar-refractivity contribution in [3.8, 4) is 11.5 Å². The monoisotopic (exact) mass is 343 g/mol. The zero-order chi connectivity index (χ0) is 18.4. The Morgan fingerprint density at radius 2 is 1.60 bits per heavy atom. The van der Waals surface area contributed by atoms with Gasteiger partial charge in [0, 0.05) is 11.8 Å². The first-order valence-corrected chi connectivity index (χ1v) is 7.73. The standard InChI is InChI=1S/C19H21NO5/c1-19(2,3)25-18(22)20-14-8-6-10-16(12-14)24-15-9-5-7-13(11-15)17(21)23-4/h5-12H,1-4H3,(H,20,22). The number of amides is 1. The van der Waals surface area contributed by atoms with Crippen LogP contribution >= 0.6 is 0 Å². The van der Waals surface area contributed by atoms with Crippen LogP contribution in [0.25, 0.3) is 0 Å². The molecule has 0 saturated heterocycles. The van der Waals surface area contributed by atoms with Crippen LogP contribution in [0.5, 0.6) is 11.5 Å². The second-order valence-electron chi connectivity index (χ2n) is 6.28. The maximum atomic E-state index is 11.8. The first-order chi connectivity index (χ1) is 11.8. The van der Waals surface area contributed by atoms with E-state index in [2.05, 4.69) is 10.1 Å². The van der Waals surface area contributed by atoms with Crippen molar-refractivity contribution in [1.29, 1.82) is 0 Å². The van der Waals surface area contributed by atoms with E-state index in [1.54, 1.807) is 69.3 Å². The molecule has 25 heavy (non-hydrogen) atoms. The van der Waals surface area contributed by atoms with Crippen LogP contribution in [0.1, 0.15) is 31.1 Å². The van der Waals surface area contributed by atoms with Crippen LogP contribution in [0.3, 0.4) is 0 Å². The Hall–Kier alpha value is -3.02. The zero-order valence-electron chi connectivity index (χ0n) is 14.7. The SMILES string of the molecule is COC(=O)c1cccc(Oc2cccc(NC(=O)OC(C)(C)C)c2)c1. The number of ether oxygens (including phenoxy) is 3. The molecule has 2 aromatic carbocycles. The molecule has 2 rings (SSSR count). The Bertz CT molecular complexity index is 764. The molecular formula is C19H21NO5. The summed E-state index contributed by atoms with van der Waals surface area (Å²) >= 11 is 0. The van der Waals surface area contributed by atoms with E-state index in [1.807, 2.05) is 0 Å². The van der Waals surface area contributed by atoms with Gasteiger partial charge < -0.3 is 14.2 Å². The minimum absolute atomic E-state index is 0.392. The lowest BCUT2D eigenvalue weighted by Gasteiger charge is -2.19. The molecule has 0 spiro atoms. The number of nitrogens with one attached hydrogen (secondary N) is 1. The molecule has 0 aromatic heterocycles. The van der Waals surface area contributed by atoms with Gasteiger partial charge in [-0.25, -0.2) is 9.59 Å². The zero-order valence-corrected chi connectivity index (χ0v) is 14.7. The Morgan fingerprint density at radius 1 is 0.960 bits per heavy atom. The normalized spacial score (nSPS) is 10.7. The average molecular weight is 343 g/mol. The van der Waals surface area contributed by atoms with E-state index in [1.165, 1.54) is 7.11 Å². The van der Waals surface area contributed by atoms with Gasteiger partial charge in [-0.1, -0.05) is 12.1 Å². The van der Waals surface area contributed by atoms with Crippen molar-refractivity contribution >= 4 is 17.7 Å². The molecule has 1 N–H and O–H groups in total. The Labute approximate surface area is 146 Å². The lowest BCUT2D eigenvalue weighted by atomic mass is 10.2. The minimum Gasteiger partial charge on any atom is -0.465 e. The highest BCUT2D eigenvalue weighted by Gasteiger charge is 2.16. The predicted octanol–water partition coefficient (Wildman–Crippen LogP) is 4.61. The molecule has 0 aliphatic rings. The van der Waals surface area contributed by atoms with Crippen molar-refractivity contribution in [3.63, 3.8) is 0 Å². The Balaban J connectivity index is 2.09. The van der Waals surface area contributed by atoms with Gasteiger partial charge in [0.1, 0.15) is 17.1 Å². The van der Waals surface area contributed by atoms with Gasteiger partial charge in [0.25, 0.3) is 0 Å². The van der Waals surface area contributed by atoms with E-state index in [-0.39, 0.29) is 0 Å². The maximum Gasteiger partial charge on any atom is 0.412 e. The minimum atomic E-state index is -0.577. The molecule has 0 saturated carbocycles. The molecule has 0 fully saturated rings. The van der Waals surface area contributed by atoms with E-state index >= 15 is 0 Å². The van der Waals surface area contributed by atoms with Crippen LogP contribution in [0, 0.1) is 0 Å². The average Bonchev–Trinajstić information content (AvgIpc) is 2.52. The molecule has 0 atom stereocenters. The number of methoxy groups -OCH3 is 1. The van der Waals surface area contributed by atoms with Crippen molar-refractivity contribution in [2.75, 3.05) is 12.4 Å². The highest BCUT2D eigenvalue weighted by atomic mass is 16.6. The lowest BCUT2D eigenvalue weighted by molar-refractivity contribution is 0.0597. The molecule has 1 amide bonds. The van der Waals surface area contributed by atoms with Gasteiger partial charge in [-0.2, -0.15) is 0 Å². The molecular weight excluding hydrogens is 322 g/mol. The molecule has 2 aromatic rings. The maximum absolute atomic E-state index is 11.8. The number of rotatable bonds is 4. The predicted molar refractivity (Wildman–Crippen MR) is 94.2 cm³/mol. The highest BCUT2D eigenvalue weighted by molar-refractivity contribution is 5.89. The van der Waals surface area contributed by atoms with Crippen LogP contribution in [-0.2, 0) is 9.47 Å². The summed E-state index contributed by atoms with van der Waals surface area (Å²) < 4.78 is 15.6. The summed E-state index contributed by atoms with van der Waals surface area (Å²) in [5.41, 5.74) is 0.353. The van der Waals surface area contributed by atoms with Gasteiger partial charge in [0.05, 0.1) is 12.7 Å². The number of esters is 1. The molecule has 0 unspecified atom stereocenters. The van der Waals surface area contributed by atoms with Crippen molar-refractivity contribution in [3.05, 3.63) is 54.1 Å². The number of carbonyl (C=O) groups excluding carboxylic acids is 2. The fourth-order valence-electron chi connectivity index (χ4n) is 2.00. The van der Waals surface area contributed by atoms with Crippen LogP contribution in [0.2, 0.25) is 0 Å². The van der Waals surface area contributed by atoms with Gasteiger partial charge >= 0.3 is 12.1 Å². The van der Waals surface area contributed by atoms with E-state index in [0.717, 1.165) is 0 Å². The number of benzene rings is 2. The van der Waals surface area contributed by atoms with Gasteiger partial charge in [-0.3, -0.25) is 5.32 Å². The van der Waals surface area contributed by atoms with Gasteiger partial charge in [0.15, 0.2) is 0 Å². The Kier molecular flexibility index (Phi) is 5.64. The van der Waals surface area contributed by atoms with E-state index < -0.39 is 17.7 Å². The first kappa shape index (κ1) is 18.3. The second kappa shape index (κ2) is 7.70. The molecule has 0 heterocycles. The van der Waals surface area contributed by atoms with Crippen LogP contribution in [0.4, 0.5) is 10.5 Å². The van der Waals surface area contributed by atoms with Gasteiger partial charge in [-0.05, 0) is 51.1 Å². The van der Waals surface area contributed by atoms with E-state index in [0.29, 0.717) is 22.7 Å². The lowest BCUT2D eigenvalue weighted by Crippen LogP contribution is -2.27. The topological polar surface area (TPSA) is 73.9 Å². The van der Waals surface area contributed by atoms with Crippen molar-refractivity contribution in [2.24, 2.45) is 0 Å². The summed E-state index contributed by atoms with van der Waals surface area (Å²) in [5, 5.41) is 2.65. The summed E-state index contributed by atoms with van der Waals surface area (Å²) in [4.78, 5) is 23.4. The van der Waals surface area contributed by atoms with Crippen molar-refractivity contribution < 1.29 is 23.8 Å². The molecule has 6 heteroatoms. The van der Waals surface area contributed by atoms with Crippen molar-refractivity contribution in [1.82, 2.24) is 0 Å². The first-order valence-electron chi connectivity index (χ1n) is 7.73. The third-order valence-corrected chi connectivity index (χ3v) is 2.97. The molecule has 0 aliphatic heterocycles. The second-order valence-corrected chi connectivity index (χ2v) is 6.28. The van der Waals surface area contributed by atoms with Crippen LogP contribution in [0.15, 0.2) is 48.5 Å². The molecule has 0 radical (unpaired) electrons. The largest absolute Gasteiger partial charge is 0.465 e. The quantitative estimate of drug-likeness (QED) is 0.821. The molecule has 6 nitrogen and oxygen atoms in total. The van der Waals surface area contributed by atoms with Crippen LogP contribution < -0.4 is 10.1 Å². The summed E-state index contributed by atoms with van der Waals surface area (Å²) in [6.45, 7) is 5.38. The summed E-state index contributed by atoms with van der Waals surface area (Å²) in [5.74, 6) is 0.554. The fraction of sp³-hybridized carbons (Fsp3) is 0.263. The molecule has 132 valence electrons. The van der Waals surface area contributed by atoms with E-state index in [9.17, 15) is 9.59 Å². The molecule has 0 bridgehead atoms. The smallest absolute Gasteiger partial charge is 0.412 e. The van der Waals surface area contributed by atoms with E-state index in [4.69, 9.17) is 9.47 Å². The van der Waals surface area contributed by atoms with Gasteiger partial charge in [0.2, 0.25) is 0 Å². The summed E-state index contributed by atoms with van der Waals surface area (Å²) in [7, 11) is 1.32. The Morgan fingerprint density at radius 3 is 2.24 bits per heavy atom. The summed E-state index contributed by atoms with van der Waals surface area (Å²) in [6, 6.07) is 13.5. The van der Waals surface area contributed by atoms with Gasteiger partial charge in [-0.15, -0.1) is 0 Å². The number of carbonyl (C=O) groups is 2. The summed E-state index contributed by atoms with van der Waals surface area (Å²) in [6.07, 6.45) is -0.544. The number of hydrogen-bond acceptors (Lipinski definition) is 5.